The minimum absolute atomic E-state index is 0.0970. The van der Waals surface area contributed by atoms with Gasteiger partial charge in [-0.1, -0.05) is 26.0 Å². The number of aliphatic hydroxyl groups is 1. The SMILES string of the molecule is CC(NC(CCO)C(C)C)c1ccc([N+](=O)[O-])cc1. The summed E-state index contributed by atoms with van der Waals surface area (Å²) in [6.07, 6.45) is 0.703. The number of nitro benzene ring substituents is 1. The number of benzene rings is 1. The third kappa shape index (κ3) is 4.61. The van der Waals surface area contributed by atoms with Gasteiger partial charge in [0.15, 0.2) is 0 Å². The minimum atomic E-state index is -0.398. The monoisotopic (exact) mass is 266 g/mol. The number of nitrogens with zero attached hydrogens (tertiary/aromatic N) is 1. The van der Waals surface area contributed by atoms with Gasteiger partial charge in [-0.3, -0.25) is 10.1 Å². The number of rotatable bonds is 7. The van der Waals surface area contributed by atoms with Gasteiger partial charge in [0.25, 0.3) is 5.69 Å². The van der Waals surface area contributed by atoms with Gasteiger partial charge in [0.05, 0.1) is 4.92 Å². The molecule has 0 saturated heterocycles. The van der Waals surface area contributed by atoms with Crippen LogP contribution in [0.4, 0.5) is 5.69 Å². The Balaban J connectivity index is 2.71. The van der Waals surface area contributed by atoms with Crippen LogP contribution in [0.15, 0.2) is 24.3 Å². The molecular weight excluding hydrogens is 244 g/mol. The number of hydrogen-bond acceptors (Lipinski definition) is 4. The number of aliphatic hydroxyl groups excluding tert-OH is 1. The Labute approximate surface area is 113 Å². The Morgan fingerprint density at radius 2 is 1.84 bits per heavy atom. The van der Waals surface area contributed by atoms with Crippen LogP contribution in [0.3, 0.4) is 0 Å². The maximum Gasteiger partial charge on any atom is 0.269 e. The minimum Gasteiger partial charge on any atom is -0.396 e. The van der Waals surface area contributed by atoms with Crippen LogP contribution in [-0.4, -0.2) is 22.7 Å². The fourth-order valence-electron chi connectivity index (χ4n) is 2.05. The van der Waals surface area contributed by atoms with Crippen LogP contribution in [-0.2, 0) is 0 Å². The smallest absolute Gasteiger partial charge is 0.269 e. The van der Waals surface area contributed by atoms with Crippen LogP contribution in [0.1, 0.15) is 38.8 Å². The molecule has 0 saturated carbocycles. The van der Waals surface area contributed by atoms with Gasteiger partial charge in [-0.15, -0.1) is 0 Å². The van der Waals surface area contributed by atoms with Crippen molar-refractivity contribution >= 4 is 5.69 Å². The van der Waals surface area contributed by atoms with E-state index in [1.807, 2.05) is 6.92 Å². The zero-order valence-corrected chi connectivity index (χ0v) is 11.7. The summed E-state index contributed by atoms with van der Waals surface area (Å²) >= 11 is 0. The number of nitro groups is 1. The zero-order valence-electron chi connectivity index (χ0n) is 11.7. The lowest BCUT2D eigenvalue weighted by atomic mass is 9.98. The fraction of sp³-hybridized carbons (Fsp3) is 0.571. The molecule has 1 aromatic carbocycles. The van der Waals surface area contributed by atoms with Gasteiger partial charge in [-0.25, -0.2) is 0 Å². The molecular formula is C14H22N2O3. The molecule has 2 unspecified atom stereocenters. The lowest BCUT2D eigenvalue weighted by molar-refractivity contribution is -0.384. The summed E-state index contributed by atoms with van der Waals surface area (Å²) in [6, 6.07) is 6.90. The first-order valence-corrected chi connectivity index (χ1v) is 6.57. The lowest BCUT2D eigenvalue weighted by Gasteiger charge is -2.26. The standard InChI is InChI=1S/C14H22N2O3/c1-10(2)14(8-9-17)15-11(3)12-4-6-13(7-5-12)16(18)19/h4-7,10-11,14-15,17H,8-9H2,1-3H3. The molecule has 0 amide bonds. The molecule has 2 atom stereocenters. The first-order valence-electron chi connectivity index (χ1n) is 6.57. The molecule has 19 heavy (non-hydrogen) atoms. The summed E-state index contributed by atoms with van der Waals surface area (Å²) in [5, 5.41) is 23.1. The van der Waals surface area contributed by atoms with Crippen molar-refractivity contribution in [2.45, 2.75) is 39.3 Å². The molecule has 5 nitrogen and oxygen atoms in total. The molecule has 0 bridgehead atoms. The molecule has 0 aliphatic carbocycles. The zero-order chi connectivity index (χ0) is 14.4. The summed E-state index contributed by atoms with van der Waals surface area (Å²) in [6.45, 7) is 6.39. The molecule has 2 N–H and O–H groups in total. The summed E-state index contributed by atoms with van der Waals surface area (Å²) < 4.78 is 0. The fourth-order valence-corrected chi connectivity index (χ4v) is 2.05. The van der Waals surface area contributed by atoms with E-state index in [1.165, 1.54) is 12.1 Å². The second kappa shape index (κ2) is 7.21. The van der Waals surface area contributed by atoms with Crippen LogP contribution in [0.25, 0.3) is 0 Å². The van der Waals surface area contributed by atoms with E-state index in [0.29, 0.717) is 12.3 Å². The molecule has 106 valence electrons. The van der Waals surface area contributed by atoms with E-state index in [1.54, 1.807) is 12.1 Å². The van der Waals surface area contributed by atoms with Crippen molar-refractivity contribution in [3.05, 3.63) is 39.9 Å². The average Bonchev–Trinajstić information content (AvgIpc) is 2.38. The van der Waals surface area contributed by atoms with E-state index in [2.05, 4.69) is 19.2 Å². The van der Waals surface area contributed by atoms with Gasteiger partial charge < -0.3 is 10.4 Å². The van der Waals surface area contributed by atoms with Crippen molar-refractivity contribution in [3.63, 3.8) is 0 Å². The Hall–Kier alpha value is -1.46. The van der Waals surface area contributed by atoms with Gasteiger partial charge in [0.1, 0.15) is 0 Å². The van der Waals surface area contributed by atoms with Crippen molar-refractivity contribution in [2.24, 2.45) is 5.92 Å². The highest BCUT2D eigenvalue weighted by atomic mass is 16.6. The van der Waals surface area contributed by atoms with Crippen molar-refractivity contribution in [3.8, 4) is 0 Å². The summed E-state index contributed by atoms with van der Waals surface area (Å²) in [7, 11) is 0. The molecule has 0 aliphatic heterocycles. The maximum atomic E-state index is 10.6. The predicted molar refractivity (Wildman–Crippen MR) is 75.0 cm³/mol. The Bertz CT molecular complexity index is 404. The molecule has 0 heterocycles. The van der Waals surface area contributed by atoms with Crippen LogP contribution < -0.4 is 5.32 Å². The van der Waals surface area contributed by atoms with Crippen LogP contribution in [0.5, 0.6) is 0 Å². The molecule has 0 fully saturated rings. The molecule has 1 aromatic rings. The quantitative estimate of drug-likeness (QED) is 0.587. The van der Waals surface area contributed by atoms with Crippen molar-refractivity contribution < 1.29 is 10.0 Å². The normalized spacial score (nSPS) is 14.4. The number of hydrogen-bond donors (Lipinski definition) is 2. The third-order valence-electron chi connectivity index (χ3n) is 3.31. The van der Waals surface area contributed by atoms with E-state index in [-0.39, 0.29) is 24.4 Å². The second-order valence-electron chi connectivity index (χ2n) is 5.10. The Kier molecular flexibility index (Phi) is 5.92. The molecule has 1 rings (SSSR count). The van der Waals surface area contributed by atoms with Gasteiger partial charge in [-0.2, -0.15) is 0 Å². The third-order valence-corrected chi connectivity index (χ3v) is 3.31. The van der Waals surface area contributed by atoms with Gasteiger partial charge >= 0.3 is 0 Å². The van der Waals surface area contributed by atoms with E-state index < -0.39 is 4.92 Å². The summed E-state index contributed by atoms with van der Waals surface area (Å²) in [5.41, 5.74) is 1.11. The molecule has 0 radical (unpaired) electrons. The van der Waals surface area contributed by atoms with Crippen LogP contribution >= 0.6 is 0 Å². The summed E-state index contributed by atoms with van der Waals surface area (Å²) in [5.74, 6) is 0.424. The highest BCUT2D eigenvalue weighted by Crippen LogP contribution is 2.19. The molecule has 5 heteroatoms. The average molecular weight is 266 g/mol. The molecule has 0 spiro atoms. The van der Waals surface area contributed by atoms with E-state index in [9.17, 15) is 10.1 Å². The highest BCUT2D eigenvalue weighted by molar-refractivity contribution is 5.34. The lowest BCUT2D eigenvalue weighted by Crippen LogP contribution is -2.36. The van der Waals surface area contributed by atoms with E-state index in [4.69, 9.17) is 5.11 Å². The summed E-state index contributed by atoms with van der Waals surface area (Å²) in [4.78, 5) is 10.2. The van der Waals surface area contributed by atoms with Gasteiger partial charge in [0.2, 0.25) is 0 Å². The predicted octanol–water partition coefficient (Wildman–Crippen LogP) is 2.65. The van der Waals surface area contributed by atoms with Crippen LogP contribution in [0.2, 0.25) is 0 Å². The van der Waals surface area contributed by atoms with Gasteiger partial charge in [-0.05, 0) is 24.8 Å². The first kappa shape index (κ1) is 15.6. The van der Waals surface area contributed by atoms with Crippen molar-refractivity contribution in [1.29, 1.82) is 0 Å². The van der Waals surface area contributed by atoms with Crippen molar-refractivity contribution in [2.75, 3.05) is 6.61 Å². The number of nitrogens with one attached hydrogen (secondary N) is 1. The highest BCUT2D eigenvalue weighted by Gasteiger charge is 2.16. The number of non-ortho nitro benzene ring substituents is 1. The van der Waals surface area contributed by atoms with Gasteiger partial charge in [0, 0.05) is 30.8 Å². The molecule has 0 aromatic heterocycles. The van der Waals surface area contributed by atoms with Crippen molar-refractivity contribution in [1.82, 2.24) is 5.32 Å². The Morgan fingerprint density at radius 1 is 1.26 bits per heavy atom. The maximum absolute atomic E-state index is 10.6. The van der Waals surface area contributed by atoms with E-state index in [0.717, 1.165) is 5.56 Å². The largest absolute Gasteiger partial charge is 0.396 e. The Morgan fingerprint density at radius 3 is 2.26 bits per heavy atom. The van der Waals surface area contributed by atoms with E-state index >= 15 is 0 Å². The topological polar surface area (TPSA) is 75.4 Å². The van der Waals surface area contributed by atoms with Crippen LogP contribution in [0, 0.1) is 16.0 Å². The first-order chi connectivity index (χ1) is 8.95. The molecule has 0 aliphatic rings. The second-order valence-corrected chi connectivity index (χ2v) is 5.10.